The summed E-state index contributed by atoms with van der Waals surface area (Å²) in [7, 11) is 0. The largest absolute Gasteiger partial charge is 0.361 e. The number of rotatable bonds is 3. The van der Waals surface area contributed by atoms with Gasteiger partial charge in [0, 0.05) is 0 Å². The van der Waals surface area contributed by atoms with Crippen molar-refractivity contribution in [3.8, 4) is 12.3 Å². The van der Waals surface area contributed by atoms with Crippen LogP contribution in [0.4, 0.5) is 0 Å². The summed E-state index contributed by atoms with van der Waals surface area (Å²) in [6.07, 6.45) is 11.6. The van der Waals surface area contributed by atoms with E-state index in [1.807, 2.05) is 6.08 Å². The molecule has 0 bridgehead atoms. The van der Waals surface area contributed by atoms with Crippen molar-refractivity contribution in [3.63, 3.8) is 0 Å². The van der Waals surface area contributed by atoms with Crippen LogP contribution in [0.3, 0.4) is 0 Å². The van der Waals surface area contributed by atoms with E-state index in [9.17, 15) is 0 Å². The van der Waals surface area contributed by atoms with Crippen LogP contribution in [0.2, 0.25) is 0 Å². The Morgan fingerprint density at radius 2 is 2.62 bits per heavy atom. The highest BCUT2D eigenvalue weighted by Crippen LogP contribution is 2.25. The number of ether oxygens (including phenoxy) is 1. The summed E-state index contributed by atoms with van der Waals surface area (Å²) in [5.41, 5.74) is 1.28. The third-order valence-corrected chi connectivity index (χ3v) is 2.45. The van der Waals surface area contributed by atoms with Crippen molar-refractivity contribution in [2.24, 2.45) is 5.92 Å². The Balaban J connectivity index is 2.58. The van der Waals surface area contributed by atoms with Gasteiger partial charge in [-0.3, -0.25) is 0 Å². The van der Waals surface area contributed by atoms with Gasteiger partial charge in [-0.2, -0.15) is 0 Å². The zero-order chi connectivity index (χ0) is 9.68. The van der Waals surface area contributed by atoms with Gasteiger partial charge in [0.25, 0.3) is 0 Å². The van der Waals surface area contributed by atoms with Gasteiger partial charge in [0.2, 0.25) is 0 Å². The lowest BCUT2D eigenvalue weighted by Crippen LogP contribution is -2.23. The molecule has 0 aromatic rings. The lowest BCUT2D eigenvalue weighted by Gasteiger charge is -2.26. The monoisotopic (exact) mass is 176 g/mol. The molecule has 0 spiro atoms. The topological polar surface area (TPSA) is 9.23 Å². The first-order chi connectivity index (χ1) is 6.27. The van der Waals surface area contributed by atoms with Crippen LogP contribution < -0.4 is 0 Å². The molecule has 0 saturated carbocycles. The molecular weight excluding hydrogens is 160 g/mol. The maximum atomic E-state index is 5.52. The normalized spacial score (nSPS) is 27.5. The number of hydrogen-bond donors (Lipinski definition) is 0. The summed E-state index contributed by atoms with van der Waals surface area (Å²) in [6, 6.07) is 0. The zero-order valence-electron chi connectivity index (χ0n) is 8.12. The summed E-state index contributed by atoms with van der Waals surface area (Å²) >= 11 is 0. The third-order valence-electron chi connectivity index (χ3n) is 2.45. The summed E-state index contributed by atoms with van der Waals surface area (Å²) in [4.78, 5) is 0. The lowest BCUT2D eigenvalue weighted by molar-refractivity contribution is 0.0654. The van der Waals surface area contributed by atoms with E-state index in [4.69, 9.17) is 11.2 Å². The molecule has 0 radical (unpaired) electrons. The van der Waals surface area contributed by atoms with E-state index in [0.717, 1.165) is 12.8 Å². The van der Waals surface area contributed by atoms with E-state index in [1.54, 1.807) is 0 Å². The fourth-order valence-corrected chi connectivity index (χ4v) is 1.54. The summed E-state index contributed by atoms with van der Waals surface area (Å²) in [6.45, 7) is 6.35. The molecule has 1 aliphatic carbocycles. The van der Waals surface area contributed by atoms with E-state index in [2.05, 4.69) is 25.5 Å². The number of allylic oxidation sites excluding steroid dienone is 2. The van der Waals surface area contributed by atoms with Crippen LogP contribution in [0.1, 0.15) is 19.8 Å². The molecular formula is C12H16O. The van der Waals surface area contributed by atoms with Crippen molar-refractivity contribution in [2.45, 2.75) is 25.9 Å². The molecule has 1 nitrogen and oxygen atoms in total. The highest BCUT2D eigenvalue weighted by Gasteiger charge is 2.19. The fourth-order valence-electron chi connectivity index (χ4n) is 1.54. The van der Waals surface area contributed by atoms with Crippen LogP contribution >= 0.6 is 0 Å². The van der Waals surface area contributed by atoms with E-state index in [0.29, 0.717) is 12.5 Å². The first-order valence-corrected chi connectivity index (χ1v) is 4.66. The standard InChI is InChI=1S/C12H16O/c1-4-8-13-12-9-11(5-2)7-6-10(12)3/h1,5,9-10,12H,2,6-8H2,3H3/t10-,12+/m1/s1. The van der Waals surface area contributed by atoms with Crippen molar-refractivity contribution in [1.29, 1.82) is 0 Å². The average molecular weight is 176 g/mol. The minimum absolute atomic E-state index is 0.179. The van der Waals surface area contributed by atoms with Crippen LogP contribution in [-0.2, 0) is 4.74 Å². The van der Waals surface area contributed by atoms with Gasteiger partial charge < -0.3 is 4.74 Å². The Kier molecular flexibility index (Phi) is 3.79. The van der Waals surface area contributed by atoms with Gasteiger partial charge in [-0.25, -0.2) is 0 Å². The van der Waals surface area contributed by atoms with E-state index >= 15 is 0 Å². The van der Waals surface area contributed by atoms with E-state index in [-0.39, 0.29) is 6.10 Å². The number of hydrogen-bond acceptors (Lipinski definition) is 1. The van der Waals surface area contributed by atoms with Crippen LogP contribution in [0.25, 0.3) is 0 Å². The van der Waals surface area contributed by atoms with Crippen molar-refractivity contribution < 1.29 is 4.74 Å². The second-order valence-corrected chi connectivity index (χ2v) is 3.44. The second-order valence-electron chi connectivity index (χ2n) is 3.44. The van der Waals surface area contributed by atoms with Crippen LogP contribution in [-0.4, -0.2) is 12.7 Å². The predicted molar refractivity (Wildman–Crippen MR) is 55.3 cm³/mol. The van der Waals surface area contributed by atoms with E-state index in [1.165, 1.54) is 5.57 Å². The first-order valence-electron chi connectivity index (χ1n) is 4.66. The second kappa shape index (κ2) is 4.89. The molecule has 0 amide bonds. The highest BCUT2D eigenvalue weighted by atomic mass is 16.5. The Labute approximate surface area is 80.5 Å². The maximum absolute atomic E-state index is 5.52. The predicted octanol–water partition coefficient (Wildman–Crippen LogP) is 2.55. The summed E-state index contributed by atoms with van der Waals surface area (Å²) in [5.74, 6) is 3.06. The van der Waals surface area contributed by atoms with Gasteiger partial charge in [-0.1, -0.05) is 37.1 Å². The van der Waals surface area contributed by atoms with Gasteiger partial charge >= 0.3 is 0 Å². The minimum Gasteiger partial charge on any atom is -0.361 e. The molecule has 13 heavy (non-hydrogen) atoms. The molecule has 0 aromatic carbocycles. The molecule has 1 heteroatoms. The number of terminal acetylenes is 1. The summed E-state index contributed by atoms with van der Waals surface area (Å²) < 4.78 is 5.52. The molecule has 0 N–H and O–H groups in total. The molecule has 1 rings (SSSR count). The molecule has 2 atom stereocenters. The molecule has 0 aromatic heterocycles. The van der Waals surface area contributed by atoms with Gasteiger partial charge in [-0.15, -0.1) is 6.42 Å². The quantitative estimate of drug-likeness (QED) is 0.600. The SMILES string of the molecule is C#CCO[C@H]1C=C(C=C)CC[C@H]1C. The Bertz CT molecular complexity index is 244. The van der Waals surface area contributed by atoms with Gasteiger partial charge in [-0.05, 0) is 18.8 Å². The third kappa shape index (κ3) is 2.75. The van der Waals surface area contributed by atoms with E-state index < -0.39 is 0 Å². The molecule has 0 unspecified atom stereocenters. The smallest absolute Gasteiger partial charge is 0.108 e. The Morgan fingerprint density at radius 1 is 1.85 bits per heavy atom. The molecule has 0 saturated heterocycles. The van der Waals surface area contributed by atoms with Crippen molar-refractivity contribution in [1.82, 2.24) is 0 Å². The first kappa shape index (κ1) is 10.1. The van der Waals surface area contributed by atoms with Crippen molar-refractivity contribution in [3.05, 3.63) is 24.3 Å². The van der Waals surface area contributed by atoms with Gasteiger partial charge in [0.05, 0.1) is 6.10 Å². The molecule has 0 aliphatic heterocycles. The van der Waals surface area contributed by atoms with Gasteiger partial charge in [0.1, 0.15) is 6.61 Å². The molecule has 70 valence electrons. The van der Waals surface area contributed by atoms with Crippen LogP contribution in [0.5, 0.6) is 0 Å². The molecule has 0 fully saturated rings. The summed E-state index contributed by atoms with van der Waals surface area (Å²) in [5, 5.41) is 0. The zero-order valence-corrected chi connectivity index (χ0v) is 8.12. The lowest BCUT2D eigenvalue weighted by atomic mass is 9.88. The van der Waals surface area contributed by atoms with Crippen molar-refractivity contribution in [2.75, 3.05) is 6.61 Å². The fraction of sp³-hybridized carbons (Fsp3) is 0.500. The van der Waals surface area contributed by atoms with Crippen LogP contribution in [0, 0.1) is 18.3 Å². The van der Waals surface area contributed by atoms with Crippen LogP contribution in [0.15, 0.2) is 24.3 Å². The maximum Gasteiger partial charge on any atom is 0.108 e. The highest BCUT2D eigenvalue weighted by molar-refractivity contribution is 5.21. The van der Waals surface area contributed by atoms with Crippen molar-refractivity contribution >= 4 is 0 Å². The average Bonchev–Trinajstić information content (AvgIpc) is 2.17. The Morgan fingerprint density at radius 3 is 3.23 bits per heavy atom. The Hall–Kier alpha value is -1.00. The minimum atomic E-state index is 0.179. The molecule has 1 aliphatic rings. The molecule has 0 heterocycles. The van der Waals surface area contributed by atoms with Gasteiger partial charge in [0.15, 0.2) is 0 Å².